The molecule has 1 aliphatic heterocycles. The zero-order valence-electron chi connectivity index (χ0n) is 19.0. The van der Waals surface area contributed by atoms with Gasteiger partial charge in [0, 0.05) is 16.5 Å². The number of carbonyl (C=O) groups excluding carboxylic acids is 3. The van der Waals surface area contributed by atoms with Crippen LogP contribution in [0.5, 0.6) is 0 Å². The molecule has 1 saturated heterocycles. The monoisotopic (exact) mass is 481 g/mol. The first-order valence-electron chi connectivity index (χ1n) is 12.0. The molecule has 0 unspecified atom stereocenters. The predicted octanol–water partition coefficient (Wildman–Crippen LogP) is 4.93. The van der Waals surface area contributed by atoms with Crippen molar-refractivity contribution < 1.29 is 14.4 Å². The number of aryl methyl sites for hydroxylation is 1. The number of nitrogens with zero attached hydrogens (tertiary/aromatic N) is 2. The summed E-state index contributed by atoms with van der Waals surface area (Å²) in [7, 11) is 0. The molecule has 2 aromatic carbocycles. The highest BCUT2D eigenvalue weighted by atomic mass is 32.1. The van der Waals surface area contributed by atoms with Crippen LogP contribution < -0.4 is 10.2 Å². The second kappa shape index (κ2) is 7.46. The van der Waals surface area contributed by atoms with Gasteiger partial charge in [0.1, 0.15) is 0 Å². The smallest absolute Gasteiger partial charge is 0.257 e. The SMILES string of the molecule is Cc1ccc(-c2csc(NC(=O)c3ccc(N4C(=O)[C@@H]5[C@H]6C=C[C@@H]([C@@H]7C[C@H]67)[C@@H]5C4=O)cc3)n2)cc1. The molecule has 2 bridgehead atoms. The van der Waals surface area contributed by atoms with Crippen molar-refractivity contribution >= 4 is 39.9 Å². The van der Waals surface area contributed by atoms with Crippen LogP contribution in [-0.4, -0.2) is 22.7 Å². The van der Waals surface area contributed by atoms with Crippen LogP contribution in [0.4, 0.5) is 10.8 Å². The Balaban J connectivity index is 1.07. The van der Waals surface area contributed by atoms with E-state index in [1.165, 1.54) is 21.8 Å². The molecule has 174 valence electrons. The number of amides is 3. The first-order chi connectivity index (χ1) is 17.0. The zero-order valence-corrected chi connectivity index (χ0v) is 19.9. The van der Waals surface area contributed by atoms with Crippen LogP contribution in [0.2, 0.25) is 0 Å². The summed E-state index contributed by atoms with van der Waals surface area (Å²) in [5, 5.41) is 5.28. The zero-order chi connectivity index (χ0) is 23.8. The van der Waals surface area contributed by atoms with E-state index in [0.717, 1.165) is 17.7 Å². The molecule has 7 heteroatoms. The molecular weight excluding hydrogens is 458 g/mol. The summed E-state index contributed by atoms with van der Waals surface area (Å²) in [5.41, 5.74) is 3.97. The van der Waals surface area contributed by atoms with Gasteiger partial charge in [0.15, 0.2) is 5.13 Å². The van der Waals surface area contributed by atoms with Gasteiger partial charge in [-0.3, -0.25) is 24.6 Å². The minimum Gasteiger partial charge on any atom is -0.298 e. The normalized spacial score (nSPS) is 29.8. The van der Waals surface area contributed by atoms with Crippen LogP contribution in [-0.2, 0) is 9.59 Å². The predicted molar refractivity (Wildman–Crippen MR) is 134 cm³/mol. The van der Waals surface area contributed by atoms with E-state index < -0.39 is 0 Å². The van der Waals surface area contributed by atoms with Gasteiger partial charge in [0.25, 0.3) is 5.91 Å². The van der Waals surface area contributed by atoms with E-state index in [9.17, 15) is 14.4 Å². The fraction of sp³-hybridized carbons (Fsp3) is 0.286. The molecule has 6 nitrogen and oxygen atoms in total. The minimum atomic E-state index is -0.281. The Morgan fingerprint density at radius 3 is 2.20 bits per heavy atom. The summed E-state index contributed by atoms with van der Waals surface area (Å²) < 4.78 is 0. The third-order valence-electron chi connectivity index (χ3n) is 8.12. The standard InChI is InChI=1S/C28H23N3O3S/c1-14-2-4-15(5-3-14)22-13-35-28(29-22)30-25(32)16-6-8-17(9-7-16)31-26(33)23-18-10-11-19(21-12-20(18)21)24(23)27(31)34/h2-11,13,18-21,23-24H,12H2,1H3,(H,29,30,32)/t18-,19-,20-,21+,23-,24+/m0/s1. The Morgan fingerprint density at radius 1 is 0.943 bits per heavy atom. The third kappa shape index (κ3) is 3.14. The maximum atomic E-state index is 13.3. The van der Waals surface area contributed by atoms with E-state index in [1.807, 2.05) is 36.6 Å². The van der Waals surface area contributed by atoms with Gasteiger partial charge in [-0.05, 0) is 61.3 Å². The fourth-order valence-corrected chi connectivity index (χ4v) is 7.05. The molecule has 8 rings (SSSR count). The van der Waals surface area contributed by atoms with Crippen LogP contribution in [0, 0.1) is 42.4 Å². The van der Waals surface area contributed by atoms with E-state index in [1.54, 1.807) is 24.3 Å². The number of hydrogen-bond acceptors (Lipinski definition) is 5. The van der Waals surface area contributed by atoms with Gasteiger partial charge in [-0.1, -0.05) is 42.0 Å². The van der Waals surface area contributed by atoms with E-state index in [0.29, 0.717) is 28.2 Å². The number of anilines is 2. The minimum absolute atomic E-state index is 0.0895. The molecule has 0 radical (unpaired) electrons. The number of aromatic nitrogens is 1. The number of carbonyl (C=O) groups is 3. The molecule has 6 atom stereocenters. The lowest BCUT2D eigenvalue weighted by molar-refractivity contribution is -0.124. The van der Waals surface area contributed by atoms with Crippen LogP contribution >= 0.6 is 11.3 Å². The fourth-order valence-electron chi connectivity index (χ4n) is 6.33. The van der Waals surface area contributed by atoms with Crippen molar-refractivity contribution in [3.05, 3.63) is 77.2 Å². The van der Waals surface area contributed by atoms with Crippen LogP contribution in [0.3, 0.4) is 0 Å². The second-order valence-corrected chi connectivity index (χ2v) is 10.9. The number of allylic oxidation sites excluding steroid dienone is 2. The van der Waals surface area contributed by atoms with Crippen LogP contribution in [0.15, 0.2) is 66.1 Å². The van der Waals surface area contributed by atoms with Crippen LogP contribution in [0.1, 0.15) is 22.3 Å². The highest BCUT2D eigenvalue weighted by Crippen LogP contribution is 2.65. The molecular formula is C28H23N3O3S. The lowest BCUT2D eigenvalue weighted by Crippen LogP contribution is -2.40. The van der Waals surface area contributed by atoms with Gasteiger partial charge >= 0.3 is 0 Å². The number of benzene rings is 2. The summed E-state index contributed by atoms with van der Waals surface area (Å²) >= 11 is 1.37. The van der Waals surface area contributed by atoms with Crippen LogP contribution in [0.25, 0.3) is 11.3 Å². The summed E-state index contributed by atoms with van der Waals surface area (Å²) in [6.45, 7) is 2.04. The molecule has 2 heterocycles. The maximum absolute atomic E-state index is 13.3. The lowest BCUT2D eigenvalue weighted by Gasteiger charge is -2.37. The third-order valence-corrected chi connectivity index (χ3v) is 8.88. The summed E-state index contributed by atoms with van der Waals surface area (Å²) in [6, 6.07) is 14.8. The van der Waals surface area contributed by atoms with Gasteiger partial charge in [0.05, 0.1) is 23.2 Å². The molecule has 35 heavy (non-hydrogen) atoms. The van der Waals surface area contributed by atoms with E-state index in [4.69, 9.17) is 0 Å². The topological polar surface area (TPSA) is 79.4 Å². The van der Waals surface area contributed by atoms with Crippen molar-refractivity contribution in [3.63, 3.8) is 0 Å². The van der Waals surface area contributed by atoms with Crippen molar-refractivity contribution in [1.82, 2.24) is 4.98 Å². The Kier molecular flexibility index (Phi) is 4.42. The highest BCUT2D eigenvalue weighted by Gasteiger charge is 2.67. The van der Waals surface area contributed by atoms with E-state index in [2.05, 4.69) is 22.5 Å². The summed E-state index contributed by atoms with van der Waals surface area (Å²) in [5.74, 6) is 0.638. The number of nitrogens with one attached hydrogen (secondary N) is 1. The van der Waals surface area contributed by atoms with E-state index >= 15 is 0 Å². The van der Waals surface area contributed by atoms with Crippen molar-refractivity contribution in [2.24, 2.45) is 35.5 Å². The molecule has 3 amide bonds. The first-order valence-corrected chi connectivity index (χ1v) is 12.9. The quantitative estimate of drug-likeness (QED) is 0.423. The summed E-state index contributed by atoms with van der Waals surface area (Å²) in [6.07, 6.45) is 5.49. The van der Waals surface area contributed by atoms with Gasteiger partial charge in [-0.2, -0.15) is 0 Å². The maximum Gasteiger partial charge on any atom is 0.257 e. The lowest BCUT2D eigenvalue weighted by atomic mass is 9.63. The average molecular weight is 482 g/mol. The average Bonchev–Trinajstić information content (AvgIpc) is 3.51. The van der Waals surface area contributed by atoms with Crippen molar-refractivity contribution in [2.75, 3.05) is 10.2 Å². The number of hydrogen-bond donors (Lipinski definition) is 1. The first kappa shape index (κ1) is 20.8. The largest absolute Gasteiger partial charge is 0.298 e. The molecule has 3 aromatic rings. The summed E-state index contributed by atoms with van der Waals surface area (Å²) in [4.78, 5) is 45.3. The van der Waals surface area contributed by atoms with E-state index in [-0.39, 0.29) is 41.4 Å². The van der Waals surface area contributed by atoms with Gasteiger partial charge in [-0.15, -0.1) is 11.3 Å². The van der Waals surface area contributed by atoms with Gasteiger partial charge in [-0.25, -0.2) is 4.98 Å². The number of thiazole rings is 1. The van der Waals surface area contributed by atoms with Crippen molar-refractivity contribution in [3.8, 4) is 11.3 Å². The molecule has 3 fully saturated rings. The second-order valence-electron chi connectivity index (χ2n) is 10.1. The molecule has 5 aliphatic rings. The molecule has 4 aliphatic carbocycles. The molecule has 2 saturated carbocycles. The Morgan fingerprint density at radius 2 is 1.57 bits per heavy atom. The number of imide groups is 1. The van der Waals surface area contributed by atoms with Crippen molar-refractivity contribution in [1.29, 1.82) is 0 Å². The molecule has 1 N–H and O–H groups in total. The van der Waals surface area contributed by atoms with Gasteiger partial charge in [0.2, 0.25) is 11.8 Å². The Labute approximate surface area is 206 Å². The molecule has 1 aromatic heterocycles. The Bertz CT molecular complexity index is 1370. The number of rotatable bonds is 4. The van der Waals surface area contributed by atoms with Crippen molar-refractivity contribution in [2.45, 2.75) is 13.3 Å². The highest BCUT2D eigenvalue weighted by molar-refractivity contribution is 7.14. The van der Waals surface area contributed by atoms with Gasteiger partial charge < -0.3 is 0 Å². The molecule has 0 spiro atoms. The Hall–Kier alpha value is -3.58.